The summed E-state index contributed by atoms with van der Waals surface area (Å²) in [7, 11) is 0.921. The number of nitrogens with one attached hydrogen (secondary N) is 1. The first-order chi connectivity index (χ1) is 16.4. The van der Waals surface area contributed by atoms with E-state index in [1.807, 2.05) is 60.3 Å². The van der Waals surface area contributed by atoms with Crippen LogP contribution in [0.15, 0.2) is 79.0 Å². The number of hydrogen-bond donors (Lipinski definition) is 3. The van der Waals surface area contributed by atoms with Crippen molar-refractivity contribution < 1.29 is 13.2 Å². The third kappa shape index (κ3) is 5.65. The molecule has 8 heteroatoms. The fraction of sp³-hybridized carbons (Fsp3) is 0.192. The maximum atomic E-state index is 10.9. The Hall–Kier alpha value is -3.62. The second-order valence-electron chi connectivity index (χ2n) is 8.16. The van der Waals surface area contributed by atoms with Crippen molar-refractivity contribution in [3.8, 4) is 16.9 Å². The second kappa shape index (κ2) is 10.5. The minimum atomic E-state index is -2.63. The van der Waals surface area contributed by atoms with Gasteiger partial charge >= 0.3 is 0 Å². The van der Waals surface area contributed by atoms with Gasteiger partial charge in [0.1, 0.15) is 5.75 Å². The molecule has 0 saturated carbocycles. The average molecular weight is 477 g/mol. The van der Waals surface area contributed by atoms with Crippen molar-refractivity contribution >= 4 is 16.8 Å². The third-order valence-corrected chi connectivity index (χ3v) is 6.26. The summed E-state index contributed by atoms with van der Waals surface area (Å²) >= 11 is 0. The molecule has 0 amide bonds. The van der Waals surface area contributed by atoms with Crippen LogP contribution in [0.1, 0.15) is 28.3 Å². The zero-order valence-electron chi connectivity index (χ0n) is 19.1. The molecule has 1 heterocycles. The van der Waals surface area contributed by atoms with E-state index in [4.69, 9.17) is 10.5 Å². The van der Waals surface area contributed by atoms with Crippen molar-refractivity contribution in [3.05, 3.63) is 101 Å². The first-order valence-electron chi connectivity index (χ1n) is 10.9. The fourth-order valence-electron chi connectivity index (χ4n) is 4.03. The highest BCUT2D eigenvalue weighted by Gasteiger charge is 2.19. The maximum Gasteiger partial charge on any atom is 0.201 e. The molecule has 0 saturated heterocycles. The Bertz CT molecular complexity index is 1320. The van der Waals surface area contributed by atoms with Crippen LogP contribution in [0.5, 0.6) is 5.75 Å². The van der Waals surface area contributed by atoms with Gasteiger partial charge < -0.3 is 15.0 Å². The van der Waals surface area contributed by atoms with Crippen LogP contribution >= 0.6 is 0 Å². The highest BCUT2D eigenvalue weighted by atomic mass is 32.2. The molecule has 3 aromatic carbocycles. The lowest BCUT2D eigenvalue weighted by Crippen LogP contribution is -2.10. The van der Waals surface area contributed by atoms with Crippen molar-refractivity contribution in [3.63, 3.8) is 0 Å². The lowest BCUT2D eigenvalue weighted by molar-refractivity contribution is 0.414. The zero-order chi connectivity index (χ0) is 24.1. The topological polar surface area (TPSA) is 99.2 Å². The van der Waals surface area contributed by atoms with Crippen LogP contribution in [0.3, 0.4) is 0 Å². The Morgan fingerprint density at radius 3 is 2.24 bits per heavy atom. The second-order valence-corrected chi connectivity index (χ2v) is 8.99. The van der Waals surface area contributed by atoms with Gasteiger partial charge in [0.05, 0.1) is 12.8 Å². The predicted octanol–water partition coefficient (Wildman–Crippen LogP) is 3.67. The van der Waals surface area contributed by atoms with Gasteiger partial charge in [-0.1, -0.05) is 54.6 Å². The normalized spacial score (nSPS) is 12.1. The summed E-state index contributed by atoms with van der Waals surface area (Å²) < 4.78 is 31.4. The zero-order valence-corrected chi connectivity index (χ0v) is 20.0. The van der Waals surface area contributed by atoms with Crippen molar-refractivity contribution in [2.24, 2.45) is 7.05 Å². The lowest BCUT2D eigenvalue weighted by atomic mass is 9.88. The number of rotatable bonds is 9. The number of thiol groups is 1. The lowest BCUT2D eigenvalue weighted by Gasteiger charge is -2.17. The molecule has 1 aromatic heterocycles. The molecule has 4 aromatic rings. The summed E-state index contributed by atoms with van der Waals surface area (Å²) in [6.45, 7) is 0.271. The number of nitrogen functional groups attached to an aromatic ring is 1. The number of anilines is 1. The van der Waals surface area contributed by atoms with Crippen LogP contribution in [-0.4, -0.2) is 25.1 Å². The van der Waals surface area contributed by atoms with E-state index in [2.05, 4.69) is 40.0 Å². The fourth-order valence-corrected chi connectivity index (χ4v) is 4.34. The largest absolute Gasteiger partial charge is 0.497 e. The molecule has 0 aliphatic heterocycles. The van der Waals surface area contributed by atoms with Gasteiger partial charge in [-0.25, -0.2) is 18.1 Å². The standard InChI is InChI=1S/C26H28N4O3S/c1-30-17-25(29-26(30)27)24(20-9-11-23(33-2)12-10-20)15-18-5-3-7-21(13-18)22-8-4-6-19(14-22)16-28-34(31)32/h3-14,17,24,34H,15-16H2,1-2H3,(H2,27,29)(H,28,31,32). The maximum absolute atomic E-state index is 10.9. The number of nitrogens with two attached hydrogens (primary N) is 1. The number of aromatic nitrogens is 2. The van der Waals surface area contributed by atoms with Crippen molar-refractivity contribution in [2.45, 2.75) is 18.9 Å². The van der Waals surface area contributed by atoms with Gasteiger partial charge in [0, 0.05) is 25.7 Å². The Kier molecular flexibility index (Phi) is 7.30. The number of imidazole rings is 1. The predicted molar refractivity (Wildman–Crippen MR) is 135 cm³/mol. The molecule has 0 bridgehead atoms. The van der Waals surface area contributed by atoms with Gasteiger partial charge in [-0.05, 0) is 52.4 Å². The van der Waals surface area contributed by atoms with E-state index in [1.165, 1.54) is 0 Å². The Balaban J connectivity index is 1.65. The molecule has 1 atom stereocenters. The molecule has 0 aliphatic carbocycles. The molecule has 0 spiro atoms. The smallest absolute Gasteiger partial charge is 0.201 e. The number of nitrogens with zero attached hydrogens (tertiary/aromatic N) is 2. The Labute approximate surface area is 201 Å². The summed E-state index contributed by atoms with van der Waals surface area (Å²) in [5.41, 5.74) is 12.3. The number of hydrogen-bond acceptors (Lipinski definition) is 5. The van der Waals surface area contributed by atoms with Gasteiger partial charge in [0.25, 0.3) is 0 Å². The summed E-state index contributed by atoms with van der Waals surface area (Å²) in [5.74, 6) is 1.31. The molecular formula is C26H28N4O3S. The van der Waals surface area contributed by atoms with Crippen molar-refractivity contribution in [2.75, 3.05) is 12.8 Å². The van der Waals surface area contributed by atoms with Crippen molar-refractivity contribution in [1.29, 1.82) is 0 Å². The van der Waals surface area contributed by atoms with E-state index in [-0.39, 0.29) is 12.5 Å². The van der Waals surface area contributed by atoms with Gasteiger partial charge in [-0.15, -0.1) is 0 Å². The van der Waals surface area contributed by atoms with Crippen LogP contribution in [-0.2, 0) is 30.9 Å². The summed E-state index contributed by atoms with van der Waals surface area (Å²) in [5, 5.41) is 0. The molecule has 0 fully saturated rings. The summed E-state index contributed by atoms with van der Waals surface area (Å²) in [6, 6.07) is 24.3. The third-order valence-electron chi connectivity index (χ3n) is 5.85. The minimum absolute atomic E-state index is 0.0218. The van der Waals surface area contributed by atoms with Crippen LogP contribution in [0, 0.1) is 0 Å². The van der Waals surface area contributed by atoms with Crippen LogP contribution in [0.2, 0.25) is 0 Å². The van der Waals surface area contributed by atoms with E-state index in [0.717, 1.165) is 45.7 Å². The van der Waals surface area contributed by atoms with E-state index in [1.54, 1.807) is 7.11 Å². The van der Waals surface area contributed by atoms with E-state index in [0.29, 0.717) is 5.95 Å². The SMILES string of the molecule is COc1ccc(C(Cc2cccc(-c3cccc(CN[SH](=O)=O)c3)c2)c2cn(C)c(N)n2)cc1. The molecule has 3 N–H and O–H groups in total. The minimum Gasteiger partial charge on any atom is -0.497 e. The number of methoxy groups -OCH3 is 1. The highest BCUT2D eigenvalue weighted by Crippen LogP contribution is 2.31. The number of benzene rings is 3. The van der Waals surface area contributed by atoms with Crippen LogP contribution in [0.25, 0.3) is 11.1 Å². The number of ether oxygens (including phenoxy) is 1. The van der Waals surface area contributed by atoms with Gasteiger partial charge in [-0.2, -0.15) is 0 Å². The van der Waals surface area contributed by atoms with E-state index >= 15 is 0 Å². The highest BCUT2D eigenvalue weighted by molar-refractivity contribution is 7.70. The van der Waals surface area contributed by atoms with Crippen LogP contribution < -0.4 is 15.2 Å². The molecule has 176 valence electrons. The average Bonchev–Trinajstić information content (AvgIpc) is 3.19. The van der Waals surface area contributed by atoms with E-state index in [9.17, 15) is 8.42 Å². The molecule has 0 aliphatic rings. The molecule has 34 heavy (non-hydrogen) atoms. The molecule has 1 unspecified atom stereocenters. The summed E-state index contributed by atoms with van der Waals surface area (Å²) in [4.78, 5) is 4.61. The quantitative estimate of drug-likeness (QED) is 0.320. The van der Waals surface area contributed by atoms with Crippen LogP contribution in [0.4, 0.5) is 5.95 Å². The molecular weight excluding hydrogens is 448 g/mol. The van der Waals surface area contributed by atoms with Gasteiger partial charge in [0.15, 0.2) is 5.95 Å². The van der Waals surface area contributed by atoms with E-state index < -0.39 is 10.9 Å². The first kappa shape index (κ1) is 23.5. The summed E-state index contributed by atoms with van der Waals surface area (Å²) in [6.07, 6.45) is 2.72. The van der Waals surface area contributed by atoms with Gasteiger partial charge in [-0.3, -0.25) is 0 Å². The Morgan fingerprint density at radius 2 is 1.65 bits per heavy atom. The monoisotopic (exact) mass is 476 g/mol. The number of aryl methyl sites for hydroxylation is 1. The van der Waals surface area contributed by atoms with Crippen molar-refractivity contribution in [1.82, 2.24) is 14.3 Å². The van der Waals surface area contributed by atoms with Gasteiger partial charge in [0.2, 0.25) is 10.9 Å². The molecule has 7 nitrogen and oxygen atoms in total. The first-order valence-corrected chi connectivity index (χ1v) is 12.1. The Morgan fingerprint density at radius 1 is 1.00 bits per heavy atom. The molecule has 4 rings (SSSR count). The molecule has 0 radical (unpaired) electrons.